The number of benzene rings is 1. The first-order chi connectivity index (χ1) is 9.27. The summed E-state index contributed by atoms with van der Waals surface area (Å²) in [5, 5.41) is 0. The molecule has 0 amide bonds. The Balaban J connectivity index is 2.18. The molecule has 1 aromatic carbocycles. The summed E-state index contributed by atoms with van der Waals surface area (Å²) in [7, 11) is 4.03. The number of aryl methyl sites for hydroxylation is 2. The molecule has 3 rings (SSSR count). The summed E-state index contributed by atoms with van der Waals surface area (Å²) < 4.78 is 4.10. The Hall–Kier alpha value is -2.36. The van der Waals surface area contributed by atoms with Crippen LogP contribution in [0.3, 0.4) is 0 Å². The molecule has 19 heavy (non-hydrogen) atoms. The van der Waals surface area contributed by atoms with Gasteiger partial charge in [0, 0.05) is 38.9 Å². The number of hydrogen-bond acceptors (Lipinski definition) is 2. The van der Waals surface area contributed by atoms with Crippen LogP contribution in [0.5, 0.6) is 0 Å². The van der Waals surface area contributed by atoms with E-state index in [9.17, 15) is 0 Å². The van der Waals surface area contributed by atoms with Gasteiger partial charge in [-0.1, -0.05) is 30.3 Å². The first kappa shape index (κ1) is 11.7. The Bertz CT molecular complexity index is 626. The van der Waals surface area contributed by atoms with E-state index < -0.39 is 0 Å². The summed E-state index contributed by atoms with van der Waals surface area (Å²) in [5.41, 5.74) is 1.20. The van der Waals surface area contributed by atoms with Gasteiger partial charge in [-0.25, -0.2) is 9.97 Å². The molecule has 0 aliphatic carbocycles. The molecule has 96 valence electrons. The van der Waals surface area contributed by atoms with E-state index >= 15 is 0 Å². The van der Waals surface area contributed by atoms with E-state index in [1.807, 2.05) is 66.2 Å². The summed E-state index contributed by atoms with van der Waals surface area (Å²) in [6, 6.07) is 10.4. The molecule has 2 heterocycles. The van der Waals surface area contributed by atoms with Crippen LogP contribution in [0.25, 0.3) is 0 Å². The van der Waals surface area contributed by atoms with Gasteiger partial charge >= 0.3 is 0 Å². The molecule has 0 spiro atoms. The van der Waals surface area contributed by atoms with Crippen molar-refractivity contribution in [1.29, 1.82) is 0 Å². The SMILES string of the molecule is Cn1ccnc1C(c1ccccc1)c1nccn1C. The van der Waals surface area contributed by atoms with Crippen LogP contribution in [0.4, 0.5) is 0 Å². The summed E-state index contributed by atoms with van der Waals surface area (Å²) in [6.45, 7) is 0. The number of nitrogens with zero attached hydrogens (tertiary/aromatic N) is 4. The predicted octanol–water partition coefficient (Wildman–Crippen LogP) is 2.33. The molecule has 0 saturated carbocycles. The van der Waals surface area contributed by atoms with E-state index in [0.29, 0.717) is 0 Å². The number of hydrogen-bond donors (Lipinski definition) is 0. The third kappa shape index (κ3) is 2.05. The van der Waals surface area contributed by atoms with Gasteiger partial charge in [-0.3, -0.25) is 0 Å². The van der Waals surface area contributed by atoms with Gasteiger partial charge in [-0.05, 0) is 5.56 Å². The largest absolute Gasteiger partial charge is 0.337 e. The molecule has 0 N–H and O–H groups in total. The van der Waals surface area contributed by atoms with Crippen LogP contribution < -0.4 is 0 Å². The third-order valence-electron chi connectivity index (χ3n) is 3.37. The van der Waals surface area contributed by atoms with Crippen molar-refractivity contribution in [3.63, 3.8) is 0 Å². The molecule has 3 aromatic rings. The zero-order valence-corrected chi connectivity index (χ0v) is 11.1. The molecule has 4 heteroatoms. The van der Waals surface area contributed by atoms with Crippen LogP contribution in [0.2, 0.25) is 0 Å². The molecule has 4 nitrogen and oxygen atoms in total. The second-order valence-corrected chi connectivity index (χ2v) is 4.64. The topological polar surface area (TPSA) is 35.6 Å². The Morgan fingerprint density at radius 2 is 1.37 bits per heavy atom. The molecule has 0 saturated heterocycles. The highest BCUT2D eigenvalue weighted by atomic mass is 15.1. The fraction of sp³-hybridized carbons (Fsp3) is 0.200. The molecular weight excluding hydrogens is 236 g/mol. The van der Waals surface area contributed by atoms with Crippen molar-refractivity contribution in [2.75, 3.05) is 0 Å². The monoisotopic (exact) mass is 252 g/mol. The minimum atomic E-state index is 0.0567. The quantitative estimate of drug-likeness (QED) is 0.717. The Morgan fingerprint density at radius 3 is 1.79 bits per heavy atom. The molecule has 2 aromatic heterocycles. The van der Waals surface area contributed by atoms with Crippen molar-refractivity contribution in [2.45, 2.75) is 5.92 Å². The summed E-state index contributed by atoms with van der Waals surface area (Å²) in [6.07, 6.45) is 7.59. The molecule has 0 radical (unpaired) electrons. The molecule has 0 aliphatic rings. The minimum absolute atomic E-state index is 0.0567. The lowest BCUT2D eigenvalue weighted by Gasteiger charge is -2.17. The van der Waals surface area contributed by atoms with Crippen LogP contribution in [0.15, 0.2) is 55.1 Å². The van der Waals surface area contributed by atoms with Gasteiger partial charge in [0.2, 0.25) is 0 Å². The number of rotatable bonds is 3. The van der Waals surface area contributed by atoms with E-state index in [1.54, 1.807) is 0 Å². The minimum Gasteiger partial charge on any atom is -0.337 e. The van der Waals surface area contributed by atoms with Gasteiger partial charge in [-0.2, -0.15) is 0 Å². The predicted molar refractivity (Wildman–Crippen MR) is 73.8 cm³/mol. The molecule has 0 fully saturated rings. The van der Waals surface area contributed by atoms with Gasteiger partial charge in [0.15, 0.2) is 0 Å². The molecule has 0 unspecified atom stereocenters. The van der Waals surface area contributed by atoms with E-state index in [-0.39, 0.29) is 5.92 Å². The van der Waals surface area contributed by atoms with Crippen molar-refractivity contribution >= 4 is 0 Å². The first-order valence-electron chi connectivity index (χ1n) is 6.27. The van der Waals surface area contributed by atoms with E-state index in [2.05, 4.69) is 22.1 Å². The van der Waals surface area contributed by atoms with E-state index in [0.717, 1.165) is 11.6 Å². The third-order valence-corrected chi connectivity index (χ3v) is 3.37. The zero-order chi connectivity index (χ0) is 13.2. The van der Waals surface area contributed by atoms with Crippen LogP contribution in [0, 0.1) is 0 Å². The normalized spacial score (nSPS) is 11.1. The average molecular weight is 252 g/mol. The number of imidazole rings is 2. The summed E-state index contributed by atoms with van der Waals surface area (Å²) in [5.74, 6) is 2.06. The average Bonchev–Trinajstić information content (AvgIpc) is 3.02. The van der Waals surface area contributed by atoms with Gasteiger partial charge in [-0.15, -0.1) is 0 Å². The van der Waals surface area contributed by atoms with Gasteiger partial charge in [0.1, 0.15) is 17.6 Å². The molecule has 0 atom stereocenters. The fourth-order valence-corrected chi connectivity index (χ4v) is 2.37. The van der Waals surface area contributed by atoms with Crippen LogP contribution in [-0.4, -0.2) is 19.1 Å². The van der Waals surface area contributed by atoms with Crippen molar-refractivity contribution in [3.05, 3.63) is 72.3 Å². The van der Waals surface area contributed by atoms with Crippen LogP contribution in [0.1, 0.15) is 23.1 Å². The van der Waals surface area contributed by atoms with Gasteiger partial charge < -0.3 is 9.13 Å². The van der Waals surface area contributed by atoms with Crippen LogP contribution in [-0.2, 0) is 14.1 Å². The lowest BCUT2D eigenvalue weighted by molar-refractivity contribution is 0.693. The Labute approximate surface area is 112 Å². The second-order valence-electron chi connectivity index (χ2n) is 4.64. The fourth-order valence-electron chi connectivity index (χ4n) is 2.37. The smallest absolute Gasteiger partial charge is 0.123 e. The highest BCUT2D eigenvalue weighted by molar-refractivity contribution is 5.33. The second kappa shape index (κ2) is 4.72. The summed E-state index contributed by atoms with van der Waals surface area (Å²) in [4.78, 5) is 9.00. The highest BCUT2D eigenvalue weighted by Gasteiger charge is 2.23. The standard InChI is InChI=1S/C15H16N4/c1-18-10-8-16-14(18)13(12-6-4-3-5-7-12)15-17-9-11-19(15)2/h3-11,13H,1-2H3. The first-order valence-corrected chi connectivity index (χ1v) is 6.27. The van der Waals surface area contributed by atoms with Crippen LogP contribution >= 0.6 is 0 Å². The summed E-state index contributed by atoms with van der Waals surface area (Å²) >= 11 is 0. The van der Waals surface area contributed by atoms with Gasteiger partial charge in [0.25, 0.3) is 0 Å². The van der Waals surface area contributed by atoms with Crippen molar-refractivity contribution in [2.24, 2.45) is 14.1 Å². The van der Waals surface area contributed by atoms with Gasteiger partial charge in [0.05, 0.1) is 0 Å². The van der Waals surface area contributed by atoms with Crippen molar-refractivity contribution < 1.29 is 0 Å². The lowest BCUT2D eigenvalue weighted by Crippen LogP contribution is -2.13. The number of aromatic nitrogens is 4. The highest BCUT2D eigenvalue weighted by Crippen LogP contribution is 2.28. The Morgan fingerprint density at radius 1 is 0.842 bits per heavy atom. The lowest BCUT2D eigenvalue weighted by atomic mass is 9.97. The Kier molecular flexibility index (Phi) is 2.91. The van der Waals surface area contributed by atoms with E-state index in [4.69, 9.17) is 0 Å². The van der Waals surface area contributed by atoms with Crippen molar-refractivity contribution in [1.82, 2.24) is 19.1 Å². The van der Waals surface area contributed by atoms with Crippen molar-refractivity contribution in [3.8, 4) is 0 Å². The maximum Gasteiger partial charge on any atom is 0.123 e. The molecule has 0 bridgehead atoms. The molecular formula is C15H16N4. The molecule has 0 aliphatic heterocycles. The van der Waals surface area contributed by atoms with E-state index in [1.165, 1.54) is 5.56 Å². The maximum absolute atomic E-state index is 4.50. The maximum atomic E-state index is 4.50. The zero-order valence-electron chi connectivity index (χ0n) is 11.1.